The summed E-state index contributed by atoms with van der Waals surface area (Å²) >= 11 is 12.4. The Bertz CT molecular complexity index is 1180. The molecule has 3 aromatic rings. The first-order valence-electron chi connectivity index (χ1n) is 8.64. The number of aromatic nitrogens is 1. The fraction of sp³-hybridized carbons (Fsp3) is 0.0909. The van der Waals surface area contributed by atoms with Gasteiger partial charge in [-0.05, 0) is 61.9 Å². The number of aryl methyl sites for hydroxylation is 1. The van der Waals surface area contributed by atoms with Crippen LogP contribution in [0.15, 0.2) is 54.1 Å². The summed E-state index contributed by atoms with van der Waals surface area (Å²) in [6.07, 6.45) is 1.47. The molecule has 1 N–H and O–H groups in total. The van der Waals surface area contributed by atoms with Crippen LogP contribution in [0.25, 0.3) is 11.8 Å². The van der Waals surface area contributed by atoms with Crippen molar-refractivity contribution in [3.63, 3.8) is 0 Å². The predicted octanol–water partition coefficient (Wildman–Crippen LogP) is 6.09. The summed E-state index contributed by atoms with van der Waals surface area (Å²) in [6.45, 7) is 3.73. The van der Waals surface area contributed by atoms with Crippen LogP contribution >= 0.6 is 23.2 Å². The Morgan fingerprint density at radius 3 is 2.59 bits per heavy atom. The first kappa shape index (κ1) is 20.7. The van der Waals surface area contributed by atoms with E-state index in [1.165, 1.54) is 24.3 Å². The number of nitrogens with zero attached hydrogens (tertiary/aromatic N) is 2. The van der Waals surface area contributed by atoms with Gasteiger partial charge in [0.25, 0.3) is 5.91 Å². The van der Waals surface area contributed by atoms with Crippen molar-refractivity contribution in [2.24, 2.45) is 0 Å². The minimum Gasteiger partial charge on any atom is -0.319 e. The van der Waals surface area contributed by atoms with Gasteiger partial charge in [0.2, 0.25) is 0 Å². The number of hydrogen-bond acceptors (Lipinski definition) is 2. The second kappa shape index (κ2) is 8.52. The van der Waals surface area contributed by atoms with Crippen LogP contribution in [0, 0.1) is 31.0 Å². The molecule has 0 saturated heterocycles. The van der Waals surface area contributed by atoms with Gasteiger partial charge in [-0.2, -0.15) is 5.26 Å². The van der Waals surface area contributed by atoms with Crippen molar-refractivity contribution >= 4 is 40.9 Å². The van der Waals surface area contributed by atoms with Gasteiger partial charge in [0, 0.05) is 16.4 Å². The third-order valence-electron chi connectivity index (χ3n) is 4.41. The van der Waals surface area contributed by atoms with Crippen molar-refractivity contribution in [1.82, 2.24) is 4.57 Å². The molecule has 2 aromatic carbocycles. The quantitative estimate of drug-likeness (QED) is 0.404. The first-order valence-corrected chi connectivity index (χ1v) is 9.39. The van der Waals surface area contributed by atoms with Crippen LogP contribution in [0.2, 0.25) is 10.0 Å². The van der Waals surface area contributed by atoms with Gasteiger partial charge < -0.3 is 9.88 Å². The number of nitrogens with one attached hydrogen (secondary N) is 1. The molecule has 4 nitrogen and oxygen atoms in total. The number of benzene rings is 2. The van der Waals surface area contributed by atoms with Gasteiger partial charge in [-0.25, -0.2) is 4.39 Å². The number of amides is 1. The Morgan fingerprint density at radius 2 is 1.90 bits per heavy atom. The molecule has 7 heteroatoms. The fourth-order valence-electron chi connectivity index (χ4n) is 3.02. The molecule has 1 heterocycles. The number of halogens is 3. The molecule has 0 aliphatic heterocycles. The number of anilines is 1. The van der Waals surface area contributed by atoms with Crippen molar-refractivity contribution in [3.05, 3.63) is 86.9 Å². The minimum absolute atomic E-state index is 0.00910. The van der Waals surface area contributed by atoms with E-state index < -0.39 is 11.7 Å². The van der Waals surface area contributed by atoms with Gasteiger partial charge in [0.05, 0.1) is 16.4 Å². The minimum atomic E-state index is -0.691. The SMILES string of the molecule is Cc1cc(/C=C(/C#N)C(=O)Nc2ccccc2F)c(C)n1-c1cc(Cl)ccc1Cl. The molecule has 146 valence electrons. The van der Waals surface area contributed by atoms with Crippen molar-refractivity contribution in [2.45, 2.75) is 13.8 Å². The average molecular weight is 428 g/mol. The van der Waals surface area contributed by atoms with Gasteiger partial charge in [0.1, 0.15) is 17.5 Å². The van der Waals surface area contributed by atoms with Crippen LogP contribution in [0.1, 0.15) is 17.0 Å². The Balaban J connectivity index is 1.99. The molecule has 0 spiro atoms. The molecule has 3 rings (SSSR count). The van der Waals surface area contributed by atoms with E-state index in [1.807, 2.05) is 30.6 Å². The van der Waals surface area contributed by atoms with Crippen LogP contribution in [-0.4, -0.2) is 10.5 Å². The van der Waals surface area contributed by atoms with E-state index in [2.05, 4.69) is 5.32 Å². The number of carbonyl (C=O) groups is 1. The molecule has 0 saturated carbocycles. The van der Waals surface area contributed by atoms with Crippen molar-refractivity contribution < 1.29 is 9.18 Å². The highest BCUT2D eigenvalue weighted by molar-refractivity contribution is 6.34. The molecule has 1 amide bonds. The summed E-state index contributed by atoms with van der Waals surface area (Å²) in [4.78, 5) is 12.5. The van der Waals surface area contributed by atoms with Crippen molar-refractivity contribution in [3.8, 4) is 11.8 Å². The predicted molar refractivity (Wildman–Crippen MR) is 114 cm³/mol. The van der Waals surface area contributed by atoms with Gasteiger partial charge in [-0.3, -0.25) is 4.79 Å². The third kappa shape index (κ3) is 4.34. The van der Waals surface area contributed by atoms with E-state index in [1.54, 1.807) is 24.3 Å². The smallest absolute Gasteiger partial charge is 0.266 e. The number of carbonyl (C=O) groups excluding carboxylic acids is 1. The standard InChI is InChI=1S/C22H16Cl2FN3O/c1-13-9-15(14(2)28(13)21-11-17(23)7-8-18(21)24)10-16(12-26)22(29)27-20-6-4-3-5-19(20)25/h3-11H,1-2H3,(H,27,29)/b16-10-. The Labute approximate surface area is 177 Å². The molecule has 0 bridgehead atoms. The molecule has 0 radical (unpaired) electrons. The van der Waals surface area contributed by atoms with Gasteiger partial charge in [0.15, 0.2) is 0 Å². The maximum Gasteiger partial charge on any atom is 0.266 e. The second-order valence-electron chi connectivity index (χ2n) is 6.36. The molecule has 0 aliphatic rings. The van der Waals surface area contributed by atoms with Crippen LogP contribution in [-0.2, 0) is 4.79 Å². The monoisotopic (exact) mass is 427 g/mol. The van der Waals surface area contributed by atoms with Crippen LogP contribution in [0.4, 0.5) is 10.1 Å². The maximum atomic E-state index is 13.8. The molecular weight excluding hydrogens is 412 g/mol. The summed E-state index contributed by atoms with van der Waals surface area (Å²) in [5.41, 5.74) is 2.85. The zero-order chi connectivity index (χ0) is 21.1. The van der Waals surface area contributed by atoms with Gasteiger partial charge >= 0.3 is 0 Å². The maximum absolute atomic E-state index is 13.8. The third-order valence-corrected chi connectivity index (χ3v) is 4.96. The summed E-state index contributed by atoms with van der Waals surface area (Å²) in [7, 11) is 0. The summed E-state index contributed by atoms with van der Waals surface area (Å²) in [6, 6.07) is 14.6. The van der Waals surface area contributed by atoms with E-state index in [4.69, 9.17) is 23.2 Å². The zero-order valence-electron chi connectivity index (χ0n) is 15.6. The average Bonchev–Trinajstić information content (AvgIpc) is 2.96. The molecular formula is C22H16Cl2FN3O. The summed E-state index contributed by atoms with van der Waals surface area (Å²) in [5.74, 6) is -1.27. The molecule has 0 fully saturated rings. The Hall–Kier alpha value is -3.07. The Morgan fingerprint density at radius 1 is 1.17 bits per heavy atom. The van der Waals surface area contributed by atoms with Crippen molar-refractivity contribution in [2.75, 3.05) is 5.32 Å². The highest BCUT2D eigenvalue weighted by atomic mass is 35.5. The molecule has 0 aliphatic carbocycles. The lowest BCUT2D eigenvalue weighted by molar-refractivity contribution is -0.112. The summed E-state index contributed by atoms with van der Waals surface area (Å²) in [5, 5.41) is 12.9. The Kier molecular flexibility index (Phi) is 6.07. The first-order chi connectivity index (χ1) is 13.8. The molecule has 0 atom stereocenters. The highest BCUT2D eigenvalue weighted by Crippen LogP contribution is 2.30. The van der Waals surface area contributed by atoms with E-state index in [0.717, 1.165) is 11.4 Å². The largest absolute Gasteiger partial charge is 0.319 e. The molecule has 1 aromatic heterocycles. The number of nitriles is 1. The topological polar surface area (TPSA) is 57.8 Å². The molecule has 0 unspecified atom stereocenters. The highest BCUT2D eigenvalue weighted by Gasteiger charge is 2.16. The second-order valence-corrected chi connectivity index (χ2v) is 7.21. The zero-order valence-corrected chi connectivity index (χ0v) is 17.1. The summed E-state index contributed by atoms with van der Waals surface area (Å²) < 4.78 is 15.7. The van der Waals surface area contributed by atoms with E-state index in [0.29, 0.717) is 21.3 Å². The normalized spacial score (nSPS) is 11.2. The lowest BCUT2D eigenvalue weighted by Crippen LogP contribution is -2.14. The van der Waals surface area contributed by atoms with Gasteiger partial charge in [-0.15, -0.1) is 0 Å². The van der Waals surface area contributed by atoms with E-state index >= 15 is 0 Å². The van der Waals surface area contributed by atoms with Crippen LogP contribution < -0.4 is 5.32 Å². The van der Waals surface area contributed by atoms with E-state index in [9.17, 15) is 14.4 Å². The van der Waals surface area contributed by atoms with E-state index in [-0.39, 0.29) is 11.3 Å². The fourth-order valence-corrected chi connectivity index (χ4v) is 3.39. The molecule has 29 heavy (non-hydrogen) atoms. The number of rotatable bonds is 4. The van der Waals surface area contributed by atoms with Crippen LogP contribution in [0.3, 0.4) is 0 Å². The number of para-hydroxylation sites is 1. The van der Waals surface area contributed by atoms with Crippen molar-refractivity contribution in [1.29, 1.82) is 5.26 Å². The van der Waals surface area contributed by atoms with Gasteiger partial charge in [-0.1, -0.05) is 35.3 Å². The lowest BCUT2D eigenvalue weighted by atomic mass is 10.1. The van der Waals surface area contributed by atoms with Crippen LogP contribution in [0.5, 0.6) is 0 Å². The lowest BCUT2D eigenvalue weighted by Gasteiger charge is -2.12. The number of hydrogen-bond donors (Lipinski definition) is 1.